The molecule has 1 fully saturated rings. The number of benzene rings is 1. The lowest BCUT2D eigenvalue weighted by Crippen LogP contribution is -2.14. The molecule has 0 radical (unpaired) electrons. The first-order valence-electron chi connectivity index (χ1n) is 4.55. The molecule has 1 aliphatic rings. The van der Waals surface area contributed by atoms with E-state index in [4.69, 9.17) is 5.73 Å². The van der Waals surface area contributed by atoms with E-state index < -0.39 is 0 Å². The lowest BCUT2D eigenvalue weighted by atomic mass is 10.0. The molecule has 1 aromatic rings. The molecule has 0 bridgehead atoms. The Balaban J connectivity index is 2.29. The molecule has 0 aliphatic carbocycles. The van der Waals surface area contributed by atoms with Gasteiger partial charge in [0.2, 0.25) is 0 Å². The highest BCUT2D eigenvalue weighted by atomic mass is 19.1. The summed E-state index contributed by atoms with van der Waals surface area (Å²) in [5, 5.41) is 3.25. The van der Waals surface area contributed by atoms with Crippen LogP contribution in [0.3, 0.4) is 0 Å². The first-order valence-corrected chi connectivity index (χ1v) is 4.55. The lowest BCUT2D eigenvalue weighted by Gasteiger charge is -2.11. The van der Waals surface area contributed by atoms with Crippen LogP contribution in [0.15, 0.2) is 18.2 Å². The number of nitrogens with two attached hydrogens (primary N) is 1. The summed E-state index contributed by atoms with van der Waals surface area (Å²) in [5.74, 6) is -0.195. The van der Waals surface area contributed by atoms with E-state index in [-0.39, 0.29) is 11.9 Å². The number of halogens is 1. The van der Waals surface area contributed by atoms with Crippen molar-refractivity contribution in [3.8, 4) is 0 Å². The van der Waals surface area contributed by atoms with Gasteiger partial charge in [0.1, 0.15) is 5.82 Å². The maximum atomic E-state index is 13.4. The minimum atomic E-state index is -0.195. The molecular formula is C10H13FN2. The third kappa shape index (κ3) is 1.65. The summed E-state index contributed by atoms with van der Waals surface area (Å²) in [6.07, 6.45) is 2.13. The average Bonchev–Trinajstić information content (AvgIpc) is 2.56. The second-order valence-electron chi connectivity index (χ2n) is 3.43. The van der Waals surface area contributed by atoms with E-state index in [9.17, 15) is 4.39 Å². The van der Waals surface area contributed by atoms with Gasteiger partial charge in [-0.15, -0.1) is 0 Å². The molecule has 3 N–H and O–H groups in total. The van der Waals surface area contributed by atoms with Gasteiger partial charge in [-0.25, -0.2) is 4.39 Å². The number of nitrogen functional groups attached to an aromatic ring is 1. The summed E-state index contributed by atoms with van der Waals surface area (Å²) < 4.78 is 13.4. The van der Waals surface area contributed by atoms with Crippen LogP contribution < -0.4 is 11.1 Å². The molecule has 1 unspecified atom stereocenters. The van der Waals surface area contributed by atoms with Crippen LogP contribution in [0.5, 0.6) is 0 Å². The van der Waals surface area contributed by atoms with Gasteiger partial charge in [-0.05, 0) is 31.5 Å². The van der Waals surface area contributed by atoms with Gasteiger partial charge in [-0.3, -0.25) is 0 Å². The van der Waals surface area contributed by atoms with Gasteiger partial charge >= 0.3 is 0 Å². The topological polar surface area (TPSA) is 38.0 Å². The summed E-state index contributed by atoms with van der Waals surface area (Å²) in [7, 11) is 0. The predicted molar refractivity (Wildman–Crippen MR) is 50.8 cm³/mol. The van der Waals surface area contributed by atoms with Crippen LogP contribution in [0.1, 0.15) is 24.4 Å². The quantitative estimate of drug-likeness (QED) is 0.647. The van der Waals surface area contributed by atoms with E-state index in [1.807, 2.05) is 0 Å². The molecule has 2 rings (SSSR count). The summed E-state index contributed by atoms with van der Waals surface area (Å²) in [6, 6.07) is 5.09. The van der Waals surface area contributed by atoms with Crippen LogP contribution in [-0.2, 0) is 0 Å². The van der Waals surface area contributed by atoms with E-state index in [2.05, 4.69) is 5.32 Å². The molecule has 70 valence electrons. The molecule has 0 saturated carbocycles. The average molecular weight is 180 g/mol. The fourth-order valence-corrected chi connectivity index (χ4v) is 1.78. The fourth-order valence-electron chi connectivity index (χ4n) is 1.78. The fraction of sp³-hybridized carbons (Fsp3) is 0.400. The second-order valence-corrected chi connectivity index (χ2v) is 3.43. The maximum Gasteiger partial charge on any atom is 0.130 e. The van der Waals surface area contributed by atoms with Crippen molar-refractivity contribution in [3.63, 3.8) is 0 Å². The molecule has 1 heterocycles. The van der Waals surface area contributed by atoms with Gasteiger partial charge in [0.15, 0.2) is 0 Å². The maximum absolute atomic E-state index is 13.4. The highest BCUT2D eigenvalue weighted by Gasteiger charge is 2.18. The number of hydrogen-bond donors (Lipinski definition) is 2. The molecule has 0 spiro atoms. The Morgan fingerprint density at radius 1 is 1.46 bits per heavy atom. The zero-order chi connectivity index (χ0) is 9.26. The van der Waals surface area contributed by atoms with E-state index in [1.54, 1.807) is 12.1 Å². The van der Waals surface area contributed by atoms with Crippen molar-refractivity contribution in [1.82, 2.24) is 5.32 Å². The molecule has 1 atom stereocenters. The monoisotopic (exact) mass is 180 g/mol. The largest absolute Gasteiger partial charge is 0.399 e. The zero-order valence-electron chi connectivity index (χ0n) is 7.39. The summed E-state index contributed by atoms with van der Waals surface area (Å²) in [4.78, 5) is 0. The molecular weight excluding hydrogens is 167 g/mol. The van der Waals surface area contributed by atoms with Crippen molar-refractivity contribution in [3.05, 3.63) is 29.6 Å². The first kappa shape index (κ1) is 8.51. The molecule has 2 nitrogen and oxygen atoms in total. The molecule has 1 aliphatic heterocycles. The van der Waals surface area contributed by atoms with Crippen molar-refractivity contribution in [2.75, 3.05) is 12.3 Å². The Morgan fingerprint density at radius 3 is 2.92 bits per heavy atom. The van der Waals surface area contributed by atoms with Crippen molar-refractivity contribution in [1.29, 1.82) is 0 Å². The molecule has 0 aromatic heterocycles. The Labute approximate surface area is 76.9 Å². The van der Waals surface area contributed by atoms with E-state index in [1.165, 1.54) is 6.07 Å². The summed E-state index contributed by atoms with van der Waals surface area (Å²) in [6.45, 7) is 0.981. The highest BCUT2D eigenvalue weighted by Crippen LogP contribution is 2.26. The third-order valence-corrected chi connectivity index (χ3v) is 2.46. The van der Waals surface area contributed by atoms with Crippen LogP contribution in [0.25, 0.3) is 0 Å². The van der Waals surface area contributed by atoms with Crippen LogP contribution >= 0.6 is 0 Å². The molecule has 1 aromatic carbocycles. The molecule has 13 heavy (non-hydrogen) atoms. The first-order chi connectivity index (χ1) is 6.27. The van der Waals surface area contributed by atoms with Crippen LogP contribution in [0.2, 0.25) is 0 Å². The minimum absolute atomic E-state index is 0.181. The minimum Gasteiger partial charge on any atom is -0.399 e. The Kier molecular flexibility index (Phi) is 2.19. The summed E-state index contributed by atoms with van der Waals surface area (Å²) >= 11 is 0. The van der Waals surface area contributed by atoms with Crippen LogP contribution in [-0.4, -0.2) is 6.54 Å². The van der Waals surface area contributed by atoms with Crippen molar-refractivity contribution in [2.24, 2.45) is 0 Å². The highest BCUT2D eigenvalue weighted by molar-refractivity contribution is 5.41. The van der Waals surface area contributed by atoms with Gasteiger partial charge in [0.25, 0.3) is 0 Å². The SMILES string of the molecule is Nc1ccc(C2CCCN2)c(F)c1. The third-order valence-electron chi connectivity index (χ3n) is 2.46. The smallest absolute Gasteiger partial charge is 0.130 e. The predicted octanol–water partition coefficient (Wildman–Crippen LogP) is 1.83. The normalized spacial score (nSPS) is 22.1. The van der Waals surface area contributed by atoms with Gasteiger partial charge in [0.05, 0.1) is 0 Å². The number of rotatable bonds is 1. The lowest BCUT2D eigenvalue weighted by molar-refractivity contribution is 0.559. The van der Waals surface area contributed by atoms with Crippen molar-refractivity contribution >= 4 is 5.69 Å². The standard InChI is InChI=1S/C10H13FN2/c11-9-6-7(12)3-4-8(9)10-2-1-5-13-10/h3-4,6,10,13H,1-2,5,12H2. The summed E-state index contributed by atoms with van der Waals surface area (Å²) in [5.41, 5.74) is 6.69. The van der Waals surface area contributed by atoms with Gasteiger partial charge < -0.3 is 11.1 Å². The Hall–Kier alpha value is -1.09. The number of hydrogen-bond acceptors (Lipinski definition) is 2. The van der Waals surface area contributed by atoms with Crippen LogP contribution in [0, 0.1) is 5.82 Å². The van der Waals surface area contributed by atoms with E-state index in [0.717, 1.165) is 24.9 Å². The van der Waals surface area contributed by atoms with Gasteiger partial charge in [-0.2, -0.15) is 0 Å². The Morgan fingerprint density at radius 2 is 2.31 bits per heavy atom. The number of nitrogens with one attached hydrogen (secondary N) is 1. The van der Waals surface area contributed by atoms with E-state index in [0.29, 0.717) is 5.69 Å². The van der Waals surface area contributed by atoms with Gasteiger partial charge in [-0.1, -0.05) is 6.07 Å². The zero-order valence-corrected chi connectivity index (χ0v) is 7.39. The van der Waals surface area contributed by atoms with Crippen molar-refractivity contribution in [2.45, 2.75) is 18.9 Å². The Bertz CT molecular complexity index is 306. The molecule has 3 heteroatoms. The van der Waals surface area contributed by atoms with Crippen LogP contribution in [0.4, 0.5) is 10.1 Å². The van der Waals surface area contributed by atoms with Crippen molar-refractivity contribution < 1.29 is 4.39 Å². The molecule has 0 amide bonds. The van der Waals surface area contributed by atoms with Gasteiger partial charge in [0, 0.05) is 17.3 Å². The van der Waals surface area contributed by atoms with E-state index >= 15 is 0 Å². The number of anilines is 1. The molecule has 1 saturated heterocycles. The second kappa shape index (κ2) is 3.34.